The number of benzene rings is 2. The molecular weight excluding hydrogens is 364 g/mol. The van der Waals surface area contributed by atoms with Crippen molar-refractivity contribution in [3.05, 3.63) is 48.0 Å². The maximum atomic E-state index is 12.4. The Labute approximate surface area is 160 Å². The van der Waals surface area contributed by atoms with Crippen molar-refractivity contribution in [1.29, 1.82) is 0 Å². The van der Waals surface area contributed by atoms with E-state index in [9.17, 15) is 14.4 Å². The monoisotopic (exact) mass is 382 g/mol. The first-order valence-corrected chi connectivity index (χ1v) is 8.75. The van der Waals surface area contributed by atoms with Crippen LogP contribution in [0.4, 0.5) is 11.4 Å². The number of nitrogens with one attached hydrogen (secondary N) is 2. The molecule has 1 aliphatic heterocycles. The number of ether oxygens (including phenoxy) is 3. The average Bonchev–Trinajstić information content (AvgIpc) is 3.39. The van der Waals surface area contributed by atoms with Crippen molar-refractivity contribution in [3.63, 3.8) is 0 Å². The summed E-state index contributed by atoms with van der Waals surface area (Å²) in [7, 11) is 1.31. The van der Waals surface area contributed by atoms with Crippen molar-refractivity contribution in [3.8, 4) is 11.5 Å². The minimum atomic E-state index is -0.444. The summed E-state index contributed by atoms with van der Waals surface area (Å²) in [4.78, 5) is 36.2. The summed E-state index contributed by atoms with van der Waals surface area (Å²) in [6.45, 7) is 0.165. The summed E-state index contributed by atoms with van der Waals surface area (Å²) in [6, 6.07) is 11.5. The molecule has 144 valence electrons. The molecule has 8 nitrogen and oxygen atoms in total. The number of carbonyl (C=O) groups excluding carboxylic acids is 3. The van der Waals surface area contributed by atoms with Crippen LogP contribution in [0.2, 0.25) is 0 Å². The van der Waals surface area contributed by atoms with Crippen molar-refractivity contribution in [2.75, 3.05) is 24.5 Å². The Morgan fingerprint density at radius 1 is 0.893 bits per heavy atom. The van der Waals surface area contributed by atoms with Crippen LogP contribution in [0.25, 0.3) is 0 Å². The molecule has 1 aliphatic carbocycles. The molecule has 4 rings (SSSR count). The van der Waals surface area contributed by atoms with E-state index in [1.165, 1.54) is 7.11 Å². The van der Waals surface area contributed by atoms with E-state index in [2.05, 4.69) is 15.4 Å². The van der Waals surface area contributed by atoms with Gasteiger partial charge < -0.3 is 24.8 Å². The largest absolute Gasteiger partial charge is 0.465 e. The van der Waals surface area contributed by atoms with Gasteiger partial charge in [-0.15, -0.1) is 0 Å². The van der Waals surface area contributed by atoms with Crippen molar-refractivity contribution < 1.29 is 28.6 Å². The molecule has 0 bridgehead atoms. The SMILES string of the molecule is COC(=O)c1ccc(NC(=O)C2CC2C(=O)Nc2ccc3c(c2)OCO3)cc1. The van der Waals surface area contributed by atoms with Crippen LogP contribution in [0.15, 0.2) is 42.5 Å². The Kier molecular flexibility index (Phi) is 4.60. The number of hydrogen-bond acceptors (Lipinski definition) is 6. The molecule has 2 aromatic rings. The van der Waals surface area contributed by atoms with E-state index in [0.29, 0.717) is 34.9 Å². The highest BCUT2D eigenvalue weighted by Gasteiger charge is 2.48. The Bertz CT molecular complexity index is 940. The topological polar surface area (TPSA) is 103 Å². The van der Waals surface area contributed by atoms with E-state index >= 15 is 0 Å². The van der Waals surface area contributed by atoms with Gasteiger partial charge in [-0.25, -0.2) is 4.79 Å². The van der Waals surface area contributed by atoms with Crippen LogP contribution in [0.5, 0.6) is 11.5 Å². The van der Waals surface area contributed by atoms with Crippen molar-refractivity contribution in [2.24, 2.45) is 11.8 Å². The van der Waals surface area contributed by atoms with E-state index < -0.39 is 5.97 Å². The zero-order chi connectivity index (χ0) is 19.7. The number of hydrogen-bond donors (Lipinski definition) is 2. The number of amides is 2. The molecule has 0 radical (unpaired) electrons. The summed E-state index contributed by atoms with van der Waals surface area (Å²) in [5, 5.41) is 5.57. The van der Waals surface area contributed by atoms with Crippen molar-refractivity contribution >= 4 is 29.2 Å². The molecule has 0 saturated heterocycles. The number of rotatable bonds is 5. The van der Waals surface area contributed by atoms with Crippen LogP contribution in [0, 0.1) is 11.8 Å². The molecule has 2 unspecified atom stereocenters. The average molecular weight is 382 g/mol. The second-order valence-electron chi connectivity index (χ2n) is 6.56. The van der Waals surface area contributed by atoms with E-state index in [4.69, 9.17) is 9.47 Å². The highest BCUT2D eigenvalue weighted by atomic mass is 16.7. The van der Waals surface area contributed by atoms with Gasteiger partial charge in [0.1, 0.15) is 0 Å². The smallest absolute Gasteiger partial charge is 0.337 e. The first kappa shape index (κ1) is 17.8. The Hall–Kier alpha value is -3.55. The van der Waals surface area contributed by atoms with Gasteiger partial charge in [0.25, 0.3) is 0 Å². The fourth-order valence-electron chi connectivity index (χ4n) is 3.03. The van der Waals surface area contributed by atoms with Gasteiger partial charge >= 0.3 is 5.97 Å². The minimum Gasteiger partial charge on any atom is -0.465 e. The highest BCUT2D eigenvalue weighted by Crippen LogP contribution is 2.41. The first-order valence-electron chi connectivity index (χ1n) is 8.75. The van der Waals surface area contributed by atoms with Gasteiger partial charge in [-0.1, -0.05) is 0 Å². The molecule has 2 aromatic carbocycles. The quantitative estimate of drug-likeness (QED) is 0.770. The lowest BCUT2D eigenvalue weighted by atomic mass is 10.2. The summed E-state index contributed by atoms with van der Waals surface area (Å²) in [6.07, 6.45) is 0.489. The molecule has 2 amide bonds. The second kappa shape index (κ2) is 7.22. The van der Waals surface area contributed by atoms with E-state index in [-0.39, 0.29) is 30.4 Å². The van der Waals surface area contributed by atoms with Gasteiger partial charge in [-0.3, -0.25) is 9.59 Å². The van der Waals surface area contributed by atoms with Crippen LogP contribution in [0.1, 0.15) is 16.8 Å². The van der Waals surface area contributed by atoms with Crippen LogP contribution in [0.3, 0.4) is 0 Å². The van der Waals surface area contributed by atoms with Crippen LogP contribution in [-0.4, -0.2) is 31.7 Å². The molecular formula is C20H18N2O6. The zero-order valence-electron chi connectivity index (χ0n) is 15.1. The van der Waals surface area contributed by atoms with Gasteiger partial charge in [-0.2, -0.15) is 0 Å². The lowest BCUT2D eigenvalue weighted by molar-refractivity contribution is -0.122. The molecule has 0 spiro atoms. The standard InChI is InChI=1S/C20H18N2O6/c1-26-20(25)11-2-4-12(5-3-11)21-18(23)14-9-15(14)19(24)22-13-6-7-16-17(8-13)28-10-27-16/h2-8,14-15H,9-10H2,1H3,(H,21,23)(H,22,24). The molecule has 1 fully saturated rings. The van der Waals surface area contributed by atoms with E-state index in [1.54, 1.807) is 42.5 Å². The lowest BCUT2D eigenvalue weighted by Crippen LogP contribution is -2.20. The van der Waals surface area contributed by atoms with Crippen LogP contribution in [-0.2, 0) is 14.3 Å². The molecule has 1 saturated carbocycles. The Morgan fingerprint density at radius 2 is 1.50 bits per heavy atom. The molecule has 1 heterocycles. The molecule has 0 aromatic heterocycles. The number of anilines is 2. The third kappa shape index (κ3) is 3.62. The van der Waals surface area contributed by atoms with Crippen LogP contribution < -0.4 is 20.1 Å². The zero-order valence-corrected chi connectivity index (χ0v) is 15.1. The maximum Gasteiger partial charge on any atom is 0.337 e. The third-order valence-corrected chi connectivity index (χ3v) is 4.68. The molecule has 2 aliphatic rings. The fourth-order valence-corrected chi connectivity index (χ4v) is 3.03. The fraction of sp³-hybridized carbons (Fsp3) is 0.250. The van der Waals surface area contributed by atoms with Crippen LogP contribution >= 0.6 is 0 Å². The van der Waals surface area contributed by atoms with Gasteiger partial charge in [-0.05, 0) is 42.8 Å². The molecule has 28 heavy (non-hydrogen) atoms. The minimum absolute atomic E-state index is 0.165. The van der Waals surface area contributed by atoms with Crippen molar-refractivity contribution in [1.82, 2.24) is 0 Å². The highest BCUT2D eigenvalue weighted by molar-refractivity contribution is 6.03. The predicted octanol–water partition coefficient (Wildman–Crippen LogP) is 2.42. The summed E-state index contributed by atoms with van der Waals surface area (Å²) >= 11 is 0. The second-order valence-corrected chi connectivity index (χ2v) is 6.56. The Balaban J connectivity index is 1.31. The van der Waals surface area contributed by atoms with Crippen molar-refractivity contribution in [2.45, 2.75) is 6.42 Å². The lowest BCUT2D eigenvalue weighted by Gasteiger charge is -2.07. The predicted molar refractivity (Wildman–Crippen MR) is 99.2 cm³/mol. The number of methoxy groups -OCH3 is 1. The number of esters is 1. The van der Waals surface area contributed by atoms with Gasteiger partial charge in [0.15, 0.2) is 11.5 Å². The first-order chi connectivity index (χ1) is 13.5. The van der Waals surface area contributed by atoms with E-state index in [1.807, 2.05) is 0 Å². The third-order valence-electron chi connectivity index (χ3n) is 4.68. The molecule has 2 atom stereocenters. The van der Waals surface area contributed by atoms with Gasteiger partial charge in [0, 0.05) is 17.4 Å². The summed E-state index contributed by atoms with van der Waals surface area (Å²) in [5.74, 6) is -0.413. The van der Waals surface area contributed by atoms with Gasteiger partial charge in [0.2, 0.25) is 18.6 Å². The van der Waals surface area contributed by atoms with E-state index in [0.717, 1.165) is 0 Å². The maximum absolute atomic E-state index is 12.4. The summed E-state index contributed by atoms with van der Waals surface area (Å²) < 4.78 is 15.2. The normalized spacial score (nSPS) is 18.9. The Morgan fingerprint density at radius 3 is 2.18 bits per heavy atom. The summed E-state index contributed by atoms with van der Waals surface area (Å²) in [5.41, 5.74) is 1.55. The number of carbonyl (C=O) groups is 3. The number of fused-ring (bicyclic) bond motifs is 1. The van der Waals surface area contributed by atoms with Gasteiger partial charge in [0.05, 0.1) is 24.5 Å². The molecule has 8 heteroatoms. The molecule has 2 N–H and O–H groups in total.